The number of likely N-dealkylation sites (N-methyl/N-ethyl adjacent to an activating group) is 1. The number of hydrogen-bond donors (Lipinski definition) is 1. The van der Waals surface area contributed by atoms with Crippen molar-refractivity contribution >= 4 is 5.82 Å². The Kier molecular flexibility index (Phi) is 6.54. The molecule has 0 bridgehead atoms. The van der Waals surface area contributed by atoms with Crippen molar-refractivity contribution in [3.05, 3.63) is 42.2 Å². The van der Waals surface area contributed by atoms with Gasteiger partial charge in [-0.25, -0.2) is 4.98 Å². The fraction of sp³-hybridized carbons (Fsp3) is 0.318. The number of nitrogen functional groups attached to an aromatic ring is 1. The molecule has 156 valence electrons. The summed E-state index contributed by atoms with van der Waals surface area (Å²) in [6.45, 7) is 3.75. The minimum atomic E-state index is 0.179. The van der Waals surface area contributed by atoms with Gasteiger partial charge < -0.3 is 20.1 Å². The average molecular weight is 406 g/mol. The second-order valence-corrected chi connectivity index (χ2v) is 7.08. The van der Waals surface area contributed by atoms with Crippen molar-refractivity contribution in [2.75, 3.05) is 39.6 Å². The van der Waals surface area contributed by atoms with Crippen LogP contribution in [0.3, 0.4) is 0 Å². The zero-order valence-corrected chi connectivity index (χ0v) is 17.7. The first-order valence-electron chi connectivity index (χ1n) is 9.67. The number of benzene rings is 1. The Labute approximate surface area is 176 Å². The average Bonchev–Trinajstić information content (AvgIpc) is 3.15. The quantitative estimate of drug-likeness (QED) is 0.613. The molecule has 2 aromatic heterocycles. The van der Waals surface area contributed by atoms with Crippen molar-refractivity contribution < 1.29 is 9.47 Å². The molecule has 2 N–H and O–H groups in total. The standard InChI is InChI=1S/C22H26N6O2/c1-5-29-21-10-15(6-7-20(21)30-9-8-27(2)3)17-11-19(16-13-25-28(4)14-16)26-22(24)18(17)12-23/h6-7,10-11,13-14H,5,8-9H2,1-4H3,(H2,24,26). The highest BCUT2D eigenvalue weighted by Gasteiger charge is 2.16. The summed E-state index contributed by atoms with van der Waals surface area (Å²) in [7, 11) is 5.82. The zero-order chi connectivity index (χ0) is 21.7. The number of aromatic nitrogens is 3. The van der Waals surface area contributed by atoms with E-state index in [4.69, 9.17) is 15.2 Å². The maximum Gasteiger partial charge on any atom is 0.161 e. The lowest BCUT2D eigenvalue weighted by Gasteiger charge is -2.16. The summed E-state index contributed by atoms with van der Waals surface area (Å²) in [5.74, 6) is 1.46. The summed E-state index contributed by atoms with van der Waals surface area (Å²) < 4.78 is 13.4. The third-order valence-corrected chi connectivity index (χ3v) is 4.51. The minimum absolute atomic E-state index is 0.179. The van der Waals surface area contributed by atoms with Gasteiger partial charge >= 0.3 is 0 Å². The van der Waals surface area contributed by atoms with Gasteiger partial charge in [-0.2, -0.15) is 10.4 Å². The predicted octanol–water partition coefficient (Wildman–Crippen LogP) is 2.94. The van der Waals surface area contributed by atoms with E-state index in [0.717, 1.165) is 17.7 Å². The first kappa shape index (κ1) is 21.1. The molecule has 0 unspecified atom stereocenters. The number of pyridine rings is 1. The molecule has 8 nitrogen and oxygen atoms in total. The number of rotatable bonds is 8. The normalized spacial score (nSPS) is 10.8. The van der Waals surface area contributed by atoms with E-state index < -0.39 is 0 Å². The summed E-state index contributed by atoms with van der Waals surface area (Å²) in [4.78, 5) is 6.44. The Bertz CT molecular complexity index is 1070. The number of nitrogens with two attached hydrogens (primary N) is 1. The first-order chi connectivity index (χ1) is 14.4. The number of aryl methyl sites for hydroxylation is 1. The van der Waals surface area contributed by atoms with Gasteiger partial charge in [0.1, 0.15) is 24.1 Å². The van der Waals surface area contributed by atoms with Crippen LogP contribution in [-0.2, 0) is 7.05 Å². The molecule has 0 amide bonds. The summed E-state index contributed by atoms with van der Waals surface area (Å²) in [5.41, 5.74) is 9.40. The van der Waals surface area contributed by atoms with Crippen molar-refractivity contribution in [3.8, 4) is 40.0 Å². The van der Waals surface area contributed by atoms with Crippen molar-refractivity contribution in [3.63, 3.8) is 0 Å². The van der Waals surface area contributed by atoms with Gasteiger partial charge in [-0.1, -0.05) is 6.07 Å². The number of nitrogens with zero attached hydrogens (tertiary/aromatic N) is 5. The van der Waals surface area contributed by atoms with E-state index in [0.29, 0.717) is 41.5 Å². The maximum atomic E-state index is 9.67. The van der Waals surface area contributed by atoms with Crippen molar-refractivity contribution in [1.29, 1.82) is 5.26 Å². The molecule has 3 rings (SSSR count). The van der Waals surface area contributed by atoms with E-state index in [1.165, 1.54) is 0 Å². The number of hydrogen-bond acceptors (Lipinski definition) is 7. The monoisotopic (exact) mass is 406 g/mol. The van der Waals surface area contributed by atoms with E-state index >= 15 is 0 Å². The second-order valence-electron chi connectivity index (χ2n) is 7.08. The van der Waals surface area contributed by atoms with Crippen molar-refractivity contribution in [2.45, 2.75) is 6.92 Å². The maximum absolute atomic E-state index is 9.67. The molecular weight excluding hydrogens is 380 g/mol. The lowest BCUT2D eigenvalue weighted by molar-refractivity contribution is 0.244. The summed E-state index contributed by atoms with van der Waals surface area (Å²) in [6.07, 6.45) is 3.57. The molecule has 0 saturated heterocycles. The van der Waals surface area contributed by atoms with Gasteiger partial charge in [-0.15, -0.1) is 0 Å². The van der Waals surface area contributed by atoms with Crippen molar-refractivity contribution in [1.82, 2.24) is 19.7 Å². The van der Waals surface area contributed by atoms with Crippen LogP contribution in [-0.4, -0.2) is 53.5 Å². The van der Waals surface area contributed by atoms with Gasteiger partial charge in [0.15, 0.2) is 11.5 Å². The Morgan fingerprint density at radius 2 is 1.97 bits per heavy atom. The van der Waals surface area contributed by atoms with Gasteiger partial charge in [-0.05, 0) is 44.8 Å². The molecule has 2 heterocycles. The molecule has 0 radical (unpaired) electrons. The highest BCUT2D eigenvalue weighted by atomic mass is 16.5. The number of anilines is 1. The molecule has 0 aliphatic rings. The fourth-order valence-electron chi connectivity index (χ4n) is 3.01. The topological polar surface area (TPSA) is 102 Å². The van der Waals surface area contributed by atoms with Crippen LogP contribution < -0.4 is 15.2 Å². The fourth-order valence-corrected chi connectivity index (χ4v) is 3.01. The molecule has 0 aliphatic carbocycles. The van der Waals surface area contributed by atoms with Crippen LogP contribution in [0.2, 0.25) is 0 Å². The van der Waals surface area contributed by atoms with Crippen LogP contribution in [0.15, 0.2) is 36.7 Å². The SMILES string of the molecule is CCOc1cc(-c2cc(-c3cnn(C)c3)nc(N)c2C#N)ccc1OCCN(C)C. The van der Waals surface area contributed by atoms with Crippen molar-refractivity contribution in [2.24, 2.45) is 7.05 Å². The minimum Gasteiger partial charge on any atom is -0.490 e. The largest absolute Gasteiger partial charge is 0.490 e. The summed E-state index contributed by atoms with van der Waals surface area (Å²) >= 11 is 0. The molecule has 8 heteroatoms. The van der Waals surface area contributed by atoms with Gasteiger partial charge in [0.25, 0.3) is 0 Å². The highest BCUT2D eigenvalue weighted by Crippen LogP contribution is 2.36. The third kappa shape index (κ3) is 4.70. The third-order valence-electron chi connectivity index (χ3n) is 4.51. The zero-order valence-electron chi connectivity index (χ0n) is 17.7. The Hall–Kier alpha value is -3.57. The van der Waals surface area contributed by atoms with Gasteiger partial charge in [0.05, 0.1) is 18.5 Å². The molecule has 1 aromatic carbocycles. The number of nitriles is 1. The van der Waals surface area contributed by atoms with E-state index in [1.807, 2.05) is 63.4 Å². The molecule has 0 saturated carbocycles. The Morgan fingerprint density at radius 1 is 1.17 bits per heavy atom. The Balaban J connectivity index is 2.04. The molecule has 0 aliphatic heterocycles. The van der Waals surface area contributed by atoms with Crippen LogP contribution in [0.4, 0.5) is 5.82 Å². The van der Waals surface area contributed by atoms with Crippen LogP contribution >= 0.6 is 0 Å². The lowest BCUT2D eigenvalue weighted by atomic mass is 9.98. The van der Waals surface area contributed by atoms with Gasteiger partial charge in [0.2, 0.25) is 0 Å². The van der Waals surface area contributed by atoms with Crippen LogP contribution in [0.25, 0.3) is 22.4 Å². The highest BCUT2D eigenvalue weighted by molar-refractivity contribution is 5.81. The Morgan fingerprint density at radius 3 is 2.60 bits per heavy atom. The van der Waals surface area contributed by atoms with Crippen LogP contribution in [0, 0.1) is 11.3 Å². The molecule has 0 spiro atoms. The van der Waals surface area contributed by atoms with Gasteiger partial charge in [0, 0.05) is 30.9 Å². The van der Waals surface area contributed by atoms with Crippen LogP contribution in [0.1, 0.15) is 12.5 Å². The summed E-state index contributed by atoms with van der Waals surface area (Å²) in [5, 5.41) is 13.9. The predicted molar refractivity (Wildman–Crippen MR) is 116 cm³/mol. The molecule has 30 heavy (non-hydrogen) atoms. The smallest absolute Gasteiger partial charge is 0.161 e. The van der Waals surface area contributed by atoms with E-state index in [1.54, 1.807) is 10.9 Å². The second kappa shape index (κ2) is 9.29. The lowest BCUT2D eigenvalue weighted by Crippen LogP contribution is -2.19. The molecule has 0 atom stereocenters. The van der Waals surface area contributed by atoms with E-state index in [9.17, 15) is 5.26 Å². The first-order valence-corrected chi connectivity index (χ1v) is 9.67. The van der Waals surface area contributed by atoms with E-state index in [-0.39, 0.29) is 5.82 Å². The molecule has 3 aromatic rings. The molecule has 0 fully saturated rings. The van der Waals surface area contributed by atoms with Gasteiger partial charge in [-0.3, -0.25) is 4.68 Å². The number of ether oxygens (including phenoxy) is 2. The summed E-state index contributed by atoms with van der Waals surface area (Å²) in [6, 6.07) is 9.65. The molecular formula is C22H26N6O2. The van der Waals surface area contributed by atoms with Crippen LogP contribution in [0.5, 0.6) is 11.5 Å². The van der Waals surface area contributed by atoms with E-state index in [2.05, 4.69) is 16.2 Å².